The summed E-state index contributed by atoms with van der Waals surface area (Å²) in [6, 6.07) is 2.99. The van der Waals surface area contributed by atoms with E-state index in [1.165, 1.54) is 0 Å². The van der Waals surface area contributed by atoms with Crippen LogP contribution in [0.5, 0.6) is 5.75 Å². The van der Waals surface area contributed by atoms with Crippen molar-refractivity contribution in [3.63, 3.8) is 0 Å². The maximum Gasteiger partial charge on any atom is 0.378 e. The van der Waals surface area contributed by atoms with Gasteiger partial charge in [-0.15, -0.1) is 0 Å². The van der Waals surface area contributed by atoms with Crippen LogP contribution in [0.2, 0.25) is 5.02 Å². The van der Waals surface area contributed by atoms with Gasteiger partial charge in [0.25, 0.3) is 0 Å². The van der Waals surface area contributed by atoms with E-state index in [4.69, 9.17) is 16.7 Å². The number of rotatable bonds is 3. The van der Waals surface area contributed by atoms with Crippen LogP contribution in [0.25, 0.3) is 0 Å². The number of hydrogen-bond donors (Lipinski definition) is 1. The molecule has 0 amide bonds. The minimum absolute atomic E-state index is 0.0599. The molecule has 0 aromatic heterocycles. The minimum atomic E-state index is -2.56. The summed E-state index contributed by atoms with van der Waals surface area (Å²) in [7, 11) is 0. The first-order chi connectivity index (χ1) is 6.50. The van der Waals surface area contributed by atoms with Crippen molar-refractivity contribution in [2.24, 2.45) is 0 Å². The summed E-state index contributed by atoms with van der Waals surface area (Å²) >= 11 is 5.49. The van der Waals surface area contributed by atoms with Gasteiger partial charge in [-0.2, -0.15) is 4.39 Å². The number of hydrogen-bond acceptors (Lipinski definition) is 2. The number of alkyl halides is 1. The molecule has 0 spiro atoms. The summed E-state index contributed by atoms with van der Waals surface area (Å²) < 4.78 is 29.4. The molecule has 6 heteroatoms. The van der Waals surface area contributed by atoms with E-state index >= 15 is 0 Å². The highest BCUT2D eigenvalue weighted by molar-refractivity contribution is 6.32. The number of benzene rings is 1. The second-order valence-corrected chi connectivity index (χ2v) is 2.75. The van der Waals surface area contributed by atoms with E-state index in [0.717, 1.165) is 18.2 Å². The zero-order valence-corrected chi connectivity index (χ0v) is 7.46. The van der Waals surface area contributed by atoms with Crippen LogP contribution in [-0.2, 0) is 4.79 Å². The predicted octanol–water partition coefficient (Wildman–Crippen LogP) is 2.24. The molecule has 0 aliphatic carbocycles. The fourth-order valence-corrected chi connectivity index (χ4v) is 0.891. The fourth-order valence-electron chi connectivity index (χ4n) is 0.729. The molecule has 1 N–H and O–H groups in total. The van der Waals surface area contributed by atoms with Crippen LogP contribution in [-0.4, -0.2) is 17.4 Å². The summed E-state index contributed by atoms with van der Waals surface area (Å²) in [6.45, 7) is 0. The van der Waals surface area contributed by atoms with Gasteiger partial charge >= 0.3 is 12.3 Å². The van der Waals surface area contributed by atoms with E-state index in [-0.39, 0.29) is 10.8 Å². The summed E-state index contributed by atoms with van der Waals surface area (Å²) in [5.74, 6) is -2.84. The highest BCUT2D eigenvalue weighted by Gasteiger charge is 2.18. The third-order valence-corrected chi connectivity index (χ3v) is 1.63. The first-order valence-corrected chi connectivity index (χ1v) is 3.87. The van der Waals surface area contributed by atoms with Crippen LogP contribution >= 0.6 is 11.6 Å². The minimum Gasteiger partial charge on any atom is -0.476 e. The molecule has 3 nitrogen and oxygen atoms in total. The lowest BCUT2D eigenvalue weighted by Gasteiger charge is -2.08. The number of aliphatic carboxylic acids is 1. The molecule has 0 bridgehead atoms. The molecule has 0 heterocycles. The van der Waals surface area contributed by atoms with Gasteiger partial charge < -0.3 is 9.84 Å². The van der Waals surface area contributed by atoms with Crippen LogP contribution < -0.4 is 4.74 Å². The Balaban J connectivity index is 2.85. The summed E-state index contributed by atoms with van der Waals surface area (Å²) in [5.41, 5.74) is 0. The molecule has 1 aromatic carbocycles. The van der Waals surface area contributed by atoms with Crippen LogP contribution in [0.15, 0.2) is 18.2 Å². The molecule has 0 aliphatic rings. The lowest BCUT2D eigenvalue weighted by molar-refractivity contribution is -0.153. The zero-order valence-electron chi connectivity index (χ0n) is 6.71. The Morgan fingerprint density at radius 1 is 1.57 bits per heavy atom. The average Bonchev–Trinajstić information content (AvgIpc) is 2.11. The van der Waals surface area contributed by atoms with Gasteiger partial charge in [0, 0.05) is 6.07 Å². The second-order valence-electron chi connectivity index (χ2n) is 2.35. The Bertz CT molecular complexity index is 356. The van der Waals surface area contributed by atoms with E-state index in [1.807, 2.05) is 0 Å². The van der Waals surface area contributed by atoms with Gasteiger partial charge in [0.15, 0.2) is 0 Å². The smallest absolute Gasteiger partial charge is 0.378 e. The first-order valence-electron chi connectivity index (χ1n) is 3.49. The molecular formula is C8H5ClF2O3. The molecule has 0 saturated carbocycles. The lowest BCUT2D eigenvalue weighted by atomic mass is 10.3. The Kier molecular flexibility index (Phi) is 3.24. The third kappa shape index (κ3) is 2.56. The van der Waals surface area contributed by atoms with Gasteiger partial charge in [-0.1, -0.05) is 11.6 Å². The number of carboxylic acids is 1. The third-order valence-electron chi connectivity index (χ3n) is 1.32. The van der Waals surface area contributed by atoms with E-state index in [0.29, 0.717) is 0 Å². The molecule has 1 atom stereocenters. The number of halogens is 3. The second kappa shape index (κ2) is 4.23. The molecule has 76 valence electrons. The number of carbonyl (C=O) groups is 1. The topological polar surface area (TPSA) is 46.5 Å². The fraction of sp³-hybridized carbons (Fsp3) is 0.125. The van der Waals surface area contributed by atoms with Crippen molar-refractivity contribution in [3.8, 4) is 5.75 Å². The monoisotopic (exact) mass is 222 g/mol. The number of ether oxygens (including phenoxy) is 1. The van der Waals surface area contributed by atoms with Gasteiger partial charge in [0.1, 0.15) is 11.6 Å². The molecule has 0 fully saturated rings. The molecule has 0 aliphatic heterocycles. The van der Waals surface area contributed by atoms with Gasteiger partial charge in [0.2, 0.25) is 0 Å². The van der Waals surface area contributed by atoms with Gasteiger partial charge in [0.05, 0.1) is 5.02 Å². The molecular weight excluding hydrogens is 218 g/mol. The van der Waals surface area contributed by atoms with Crippen LogP contribution in [0.1, 0.15) is 0 Å². The van der Waals surface area contributed by atoms with E-state index in [1.54, 1.807) is 0 Å². The molecule has 1 rings (SSSR count). The normalized spacial score (nSPS) is 12.2. The molecule has 1 unspecified atom stereocenters. The van der Waals surface area contributed by atoms with Crippen LogP contribution in [0.4, 0.5) is 8.78 Å². The Morgan fingerprint density at radius 2 is 2.21 bits per heavy atom. The SMILES string of the molecule is O=C(O)C(F)Oc1cc(F)ccc1Cl. The van der Waals surface area contributed by atoms with Crippen molar-refractivity contribution in [3.05, 3.63) is 29.0 Å². The standard InChI is InChI=1S/C8H5ClF2O3/c9-5-2-1-4(10)3-6(5)14-7(11)8(12)13/h1-3,7H,(H,12,13). The molecule has 0 radical (unpaired) electrons. The quantitative estimate of drug-likeness (QED) is 0.853. The van der Waals surface area contributed by atoms with Crippen molar-refractivity contribution in [2.45, 2.75) is 6.36 Å². The van der Waals surface area contributed by atoms with Crippen molar-refractivity contribution in [2.75, 3.05) is 0 Å². The Labute approximate surface area is 82.9 Å². The maximum absolute atomic E-state index is 12.6. The largest absolute Gasteiger partial charge is 0.476 e. The highest BCUT2D eigenvalue weighted by atomic mass is 35.5. The zero-order chi connectivity index (χ0) is 10.7. The Morgan fingerprint density at radius 3 is 2.79 bits per heavy atom. The van der Waals surface area contributed by atoms with Gasteiger partial charge in [-0.25, -0.2) is 9.18 Å². The van der Waals surface area contributed by atoms with E-state index < -0.39 is 18.1 Å². The average molecular weight is 223 g/mol. The van der Waals surface area contributed by atoms with Crippen molar-refractivity contribution < 1.29 is 23.4 Å². The van der Waals surface area contributed by atoms with Crippen LogP contribution in [0.3, 0.4) is 0 Å². The van der Waals surface area contributed by atoms with Crippen LogP contribution in [0, 0.1) is 5.82 Å². The summed E-state index contributed by atoms with van der Waals surface area (Å²) in [6.07, 6.45) is -2.56. The molecule has 1 aromatic rings. The van der Waals surface area contributed by atoms with Gasteiger partial charge in [-0.3, -0.25) is 0 Å². The van der Waals surface area contributed by atoms with Crippen molar-refractivity contribution in [1.29, 1.82) is 0 Å². The molecule has 0 saturated heterocycles. The summed E-state index contributed by atoms with van der Waals surface area (Å²) in [5, 5.41) is 8.11. The van der Waals surface area contributed by atoms with E-state index in [9.17, 15) is 13.6 Å². The van der Waals surface area contributed by atoms with Crippen molar-refractivity contribution in [1.82, 2.24) is 0 Å². The van der Waals surface area contributed by atoms with Gasteiger partial charge in [-0.05, 0) is 12.1 Å². The first kappa shape index (κ1) is 10.7. The van der Waals surface area contributed by atoms with Crippen molar-refractivity contribution >= 4 is 17.6 Å². The highest BCUT2D eigenvalue weighted by Crippen LogP contribution is 2.26. The van der Waals surface area contributed by atoms with E-state index in [2.05, 4.69) is 4.74 Å². The summed E-state index contributed by atoms with van der Waals surface area (Å²) in [4.78, 5) is 10.1. The molecule has 14 heavy (non-hydrogen) atoms. The number of carboxylic acid groups (broad SMARTS) is 1. The lowest BCUT2D eigenvalue weighted by Crippen LogP contribution is -2.21. The Hall–Kier alpha value is -1.36. The maximum atomic E-state index is 12.6. The predicted molar refractivity (Wildman–Crippen MR) is 44.6 cm³/mol.